The van der Waals surface area contributed by atoms with Crippen molar-refractivity contribution < 1.29 is 10.0 Å². The first-order chi connectivity index (χ1) is 9.69. The topological polar surface area (TPSA) is 99.7 Å². The van der Waals surface area contributed by atoms with Crippen molar-refractivity contribution in [1.82, 2.24) is 10.6 Å². The maximum Gasteiger partial charge on any atom is 0.315 e. The molecule has 2 rings (SSSR count). The number of nitrogens with two attached hydrogens (primary N) is 1. The molecule has 1 saturated carbocycles. The van der Waals surface area contributed by atoms with Crippen LogP contribution >= 0.6 is 0 Å². The third kappa shape index (κ3) is 3.88. The minimum absolute atomic E-state index is 0.0727. The highest BCUT2D eigenvalue weighted by Crippen LogP contribution is 2.17. The monoisotopic (exact) mass is 276 g/mol. The summed E-state index contributed by atoms with van der Waals surface area (Å²) in [5.41, 5.74) is 7.08. The van der Waals surface area contributed by atoms with Crippen molar-refractivity contribution >= 4 is 11.9 Å². The summed E-state index contributed by atoms with van der Waals surface area (Å²) < 4.78 is 0. The smallest absolute Gasteiger partial charge is 0.315 e. The minimum atomic E-state index is -0.127. The highest BCUT2D eigenvalue weighted by molar-refractivity contribution is 5.96. The molecule has 0 atom stereocenters. The molecule has 6 nitrogen and oxygen atoms in total. The van der Waals surface area contributed by atoms with E-state index in [1.54, 1.807) is 12.1 Å². The summed E-state index contributed by atoms with van der Waals surface area (Å²) in [4.78, 5) is 11.7. The highest BCUT2D eigenvalue weighted by Gasteiger charge is 2.16. The third-order valence-electron chi connectivity index (χ3n) is 3.50. The second kappa shape index (κ2) is 6.79. The Morgan fingerprint density at radius 3 is 2.55 bits per heavy atom. The Morgan fingerprint density at radius 2 is 1.95 bits per heavy atom. The predicted molar refractivity (Wildman–Crippen MR) is 76.6 cm³/mol. The quantitative estimate of drug-likeness (QED) is 0.290. The summed E-state index contributed by atoms with van der Waals surface area (Å²) in [5.74, 6) is 0.0727. The molecular formula is C14H20N4O2. The molecule has 0 radical (unpaired) electrons. The van der Waals surface area contributed by atoms with E-state index in [0.717, 1.165) is 18.4 Å². The number of nitrogens with one attached hydrogen (secondary N) is 2. The van der Waals surface area contributed by atoms with Crippen LogP contribution in [0.4, 0.5) is 4.79 Å². The second-order valence-electron chi connectivity index (χ2n) is 4.99. The van der Waals surface area contributed by atoms with Gasteiger partial charge in [-0.25, -0.2) is 4.79 Å². The highest BCUT2D eigenvalue weighted by atomic mass is 16.4. The van der Waals surface area contributed by atoms with Crippen molar-refractivity contribution in [3.8, 4) is 0 Å². The molecule has 0 bridgehead atoms. The van der Waals surface area contributed by atoms with Crippen LogP contribution in [0, 0.1) is 0 Å². The summed E-state index contributed by atoms with van der Waals surface area (Å²) in [6, 6.07) is 7.37. The molecule has 108 valence electrons. The van der Waals surface area contributed by atoms with E-state index in [9.17, 15) is 4.79 Å². The summed E-state index contributed by atoms with van der Waals surface area (Å²) in [5, 5.41) is 17.3. The number of amidine groups is 1. The fourth-order valence-electron chi connectivity index (χ4n) is 2.34. The lowest BCUT2D eigenvalue weighted by Crippen LogP contribution is -2.40. The molecule has 2 amide bonds. The lowest BCUT2D eigenvalue weighted by molar-refractivity contribution is 0.236. The van der Waals surface area contributed by atoms with E-state index in [0.29, 0.717) is 18.2 Å². The summed E-state index contributed by atoms with van der Waals surface area (Å²) in [7, 11) is 0. The minimum Gasteiger partial charge on any atom is -0.409 e. The zero-order chi connectivity index (χ0) is 14.4. The Kier molecular flexibility index (Phi) is 4.81. The van der Waals surface area contributed by atoms with Gasteiger partial charge in [-0.05, 0) is 18.4 Å². The molecule has 1 aromatic rings. The Morgan fingerprint density at radius 1 is 1.30 bits per heavy atom. The van der Waals surface area contributed by atoms with Crippen LogP contribution in [-0.2, 0) is 6.54 Å². The standard InChI is InChI=1S/C14H20N4O2/c15-13(18-20)11-7-5-10(6-8-11)9-16-14(19)17-12-3-1-2-4-12/h5-8,12,20H,1-4,9H2,(H2,15,18)(H2,16,17,19). The predicted octanol–water partition coefficient (Wildman–Crippen LogP) is 1.52. The van der Waals surface area contributed by atoms with E-state index >= 15 is 0 Å². The van der Waals surface area contributed by atoms with Crippen LogP contribution in [0.2, 0.25) is 0 Å². The Balaban J connectivity index is 1.79. The van der Waals surface area contributed by atoms with Gasteiger partial charge in [0.15, 0.2) is 5.84 Å². The van der Waals surface area contributed by atoms with Gasteiger partial charge in [0.1, 0.15) is 0 Å². The van der Waals surface area contributed by atoms with Crippen molar-refractivity contribution in [2.45, 2.75) is 38.3 Å². The van der Waals surface area contributed by atoms with Crippen LogP contribution < -0.4 is 16.4 Å². The molecule has 6 heteroatoms. The van der Waals surface area contributed by atoms with Gasteiger partial charge in [0.25, 0.3) is 0 Å². The Bertz CT molecular complexity index is 478. The Labute approximate surface area is 118 Å². The maximum atomic E-state index is 11.7. The molecule has 0 unspecified atom stereocenters. The van der Waals surface area contributed by atoms with Gasteiger partial charge in [0.2, 0.25) is 0 Å². The van der Waals surface area contributed by atoms with Crippen molar-refractivity contribution in [2.75, 3.05) is 0 Å². The number of hydrogen-bond acceptors (Lipinski definition) is 3. The molecule has 1 aromatic carbocycles. The van der Waals surface area contributed by atoms with E-state index in [4.69, 9.17) is 10.9 Å². The molecule has 5 N–H and O–H groups in total. The zero-order valence-electron chi connectivity index (χ0n) is 11.3. The van der Waals surface area contributed by atoms with Gasteiger partial charge in [-0.15, -0.1) is 0 Å². The third-order valence-corrected chi connectivity index (χ3v) is 3.50. The molecule has 0 aromatic heterocycles. The zero-order valence-corrected chi connectivity index (χ0v) is 11.3. The van der Waals surface area contributed by atoms with Crippen LogP contribution in [0.15, 0.2) is 29.4 Å². The first-order valence-electron chi connectivity index (χ1n) is 6.80. The van der Waals surface area contributed by atoms with Crippen LogP contribution in [0.1, 0.15) is 36.8 Å². The van der Waals surface area contributed by atoms with Gasteiger partial charge in [-0.2, -0.15) is 0 Å². The molecule has 0 aliphatic heterocycles. The largest absolute Gasteiger partial charge is 0.409 e. The van der Waals surface area contributed by atoms with E-state index in [1.807, 2.05) is 12.1 Å². The van der Waals surface area contributed by atoms with Gasteiger partial charge < -0.3 is 21.6 Å². The number of amides is 2. The van der Waals surface area contributed by atoms with E-state index in [-0.39, 0.29) is 11.9 Å². The van der Waals surface area contributed by atoms with Gasteiger partial charge in [-0.3, -0.25) is 0 Å². The fourth-order valence-corrected chi connectivity index (χ4v) is 2.34. The van der Waals surface area contributed by atoms with E-state index in [2.05, 4.69) is 15.8 Å². The Hall–Kier alpha value is -2.24. The number of hydrogen-bond donors (Lipinski definition) is 4. The lowest BCUT2D eigenvalue weighted by atomic mass is 10.1. The molecule has 1 aliphatic rings. The fraction of sp³-hybridized carbons (Fsp3) is 0.429. The molecule has 1 fully saturated rings. The van der Waals surface area contributed by atoms with Gasteiger partial charge >= 0.3 is 6.03 Å². The maximum absolute atomic E-state index is 11.7. The summed E-state index contributed by atoms with van der Waals surface area (Å²) >= 11 is 0. The van der Waals surface area contributed by atoms with Crippen molar-refractivity contribution in [3.63, 3.8) is 0 Å². The van der Waals surface area contributed by atoms with Crippen LogP contribution in [0.25, 0.3) is 0 Å². The number of nitrogens with zero attached hydrogens (tertiary/aromatic N) is 1. The molecule has 0 spiro atoms. The van der Waals surface area contributed by atoms with Gasteiger partial charge in [-0.1, -0.05) is 42.3 Å². The normalized spacial score (nSPS) is 16.1. The first kappa shape index (κ1) is 14.2. The van der Waals surface area contributed by atoms with Gasteiger partial charge in [0.05, 0.1) is 0 Å². The van der Waals surface area contributed by atoms with Crippen molar-refractivity contribution in [3.05, 3.63) is 35.4 Å². The summed E-state index contributed by atoms with van der Waals surface area (Å²) in [6.45, 7) is 0.453. The van der Waals surface area contributed by atoms with Crippen molar-refractivity contribution in [2.24, 2.45) is 10.9 Å². The number of rotatable bonds is 4. The molecule has 0 saturated heterocycles. The molecule has 1 aliphatic carbocycles. The number of carbonyl (C=O) groups excluding carboxylic acids is 1. The number of carbonyl (C=O) groups is 1. The van der Waals surface area contributed by atoms with Crippen molar-refractivity contribution in [1.29, 1.82) is 0 Å². The van der Waals surface area contributed by atoms with Crippen LogP contribution in [0.5, 0.6) is 0 Å². The average Bonchev–Trinajstić information content (AvgIpc) is 2.97. The van der Waals surface area contributed by atoms with Gasteiger partial charge in [0, 0.05) is 18.2 Å². The van der Waals surface area contributed by atoms with Crippen LogP contribution in [-0.4, -0.2) is 23.1 Å². The second-order valence-corrected chi connectivity index (χ2v) is 4.99. The average molecular weight is 276 g/mol. The molecule has 0 heterocycles. The lowest BCUT2D eigenvalue weighted by Gasteiger charge is -2.13. The molecular weight excluding hydrogens is 256 g/mol. The number of urea groups is 1. The SMILES string of the molecule is N/C(=N/O)c1ccc(CNC(=O)NC2CCCC2)cc1. The molecule has 20 heavy (non-hydrogen) atoms. The summed E-state index contributed by atoms with van der Waals surface area (Å²) in [6.07, 6.45) is 4.53. The van der Waals surface area contributed by atoms with E-state index in [1.165, 1.54) is 12.8 Å². The van der Waals surface area contributed by atoms with E-state index < -0.39 is 0 Å². The number of oxime groups is 1. The van der Waals surface area contributed by atoms with Crippen LogP contribution in [0.3, 0.4) is 0 Å². The number of benzene rings is 1. The first-order valence-corrected chi connectivity index (χ1v) is 6.80.